The number of hydrogen-bond donors (Lipinski definition) is 1. The van der Waals surface area contributed by atoms with Crippen molar-refractivity contribution in [1.82, 2.24) is 20.0 Å². The molecule has 9 nitrogen and oxygen atoms in total. The molecule has 42 heavy (non-hydrogen) atoms. The van der Waals surface area contributed by atoms with Crippen molar-refractivity contribution in [2.45, 2.75) is 51.1 Å². The summed E-state index contributed by atoms with van der Waals surface area (Å²) in [5, 5.41) is 2.36. The van der Waals surface area contributed by atoms with Gasteiger partial charge in [-0.15, -0.1) is 0 Å². The van der Waals surface area contributed by atoms with E-state index in [0.717, 1.165) is 31.5 Å². The zero-order chi connectivity index (χ0) is 29.3. The normalized spacial score (nSPS) is 22.9. The highest BCUT2D eigenvalue weighted by atomic mass is 16.5. The van der Waals surface area contributed by atoms with Gasteiger partial charge in [-0.05, 0) is 80.7 Å². The fourth-order valence-corrected chi connectivity index (χ4v) is 6.62. The van der Waals surface area contributed by atoms with Crippen LogP contribution in [0, 0.1) is 17.3 Å². The molecule has 4 heterocycles. The Morgan fingerprint density at radius 3 is 2.40 bits per heavy atom. The summed E-state index contributed by atoms with van der Waals surface area (Å²) < 4.78 is 5.25. The summed E-state index contributed by atoms with van der Waals surface area (Å²) in [6.45, 7) is 4.20. The van der Waals surface area contributed by atoms with Crippen molar-refractivity contribution < 1.29 is 23.9 Å². The molecule has 0 unspecified atom stereocenters. The van der Waals surface area contributed by atoms with Gasteiger partial charge in [0, 0.05) is 48.9 Å². The Morgan fingerprint density at radius 1 is 1.00 bits per heavy atom. The summed E-state index contributed by atoms with van der Waals surface area (Å²) in [6.07, 6.45) is 5.77. The number of amides is 4. The molecule has 3 fully saturated rings. The van der Waals surface area contributed by atoms with Gasteiger partial charge in [0.15, 0.2) is 0 Å². The van der Waals surface area contributed by atoms with Gasteiger partial charge in [-0.2, -0.15) is 0 Å². The van der Waals surface area contributed by atoms with E-state index >= 15 is 0 Å². The van der Waals surface area contributed by atoms with E-state index in [9.17, 15) is 19.2 Å². The molecule has 0 bridgehead atoms. The van der Waals surface area contributed by atoms with Crippen LogP contribution in [0.15, 0.2) is 42.5 Å². The van der Waals surface area contributed by atoms with E-state index in [4.69, 9.17) is 4.74 Å². The Kier molecular flexibility index (Phi) is 7.74. The highest BCUT2D eigenvalue weighted by Gasteiger charge is 2.48. The molecule has 6 rings (SSSR count). The Hall–Kier alpha value is -4.16. The van der Waals surface area contributed by atoms with Crippen molar-refractivity contribution in [1.29, 1.82) is 0 Å². The SMILES string of the molecule is COc1ccc2c(c1)C(=O)N(C[C@@]1(C#Cc3ccc(C(=O)N4CCC(N5CCCCC5)CC4)cc3)CC(=O)NC1=O)C2. The van der Waals surface area contributed by atoms with E-state index < -0.39 is 17.2 Å². The van der Waals surface area contributed by atoms with Gasteiger partial charge in [-0.1, -0.05) is 24.3 Å². The van der Waals surface area contributed by atoms with Crippen molar-refractivity contribution in [3.63, 3.8) is 0 Å². The van der Waals surface area contributed by atoms with Crippen molar-refractivity contribution in [3.8, 4) is 17.6 Å². The number of hydrogen-bond acceptors (Lipinski definition) is 6. The van der Waals surface area contributed by atoms with E-state index in [1.165, 1.54) is 32.4 Å². The summed E-state index contributed by atoms with van der Waals surface area (Å²) in [4.78, 5) is 57.7. The first-order valence-electron chi connectivity index (χ1n) is 14.8. The monoisotopic (exact) mass is 568 g/mol. The van der Waals surface area contributed by atoms with Gasteiger partial charge in [-0.3, -0.25) is 24.5 Å². The van der Waals surface area contributed by atoms with Crippen molar-refractivity contribution in [2.24, 2.45) is 5.41 Å². The highest BCUT2D eigenvalue weighted by Crippen LogP contribution is 2.34. The lowest BCUT2D eigenvalue weighted by atomic mass is 9.85. The maximum absolute atomic E-state index is 13.2. The molecule has 2 aromatic rings. The summed E-state index contributed by atoms with van der Waals surface area (Å²) in [6, 6.07) is 13.0. The van der Waals surface area contributed by atoms with Crippen LogP contribution in [0.1, 0.15) is 70.4 Å². The molecule has 0 radical (unpaired) electrons. The van der Waals surface area contributed by atoms with E-state index in [-0.39, 0.29) is 24.8 Å². The van der Waals surface area contributed by atoms with Crippen molar-refractivity contribution in [3.05, 3.63) is 64.7 Å². The van der Waals surface area contributed by atoms with E-state index in [2.05, 4.69) is 22.1 Å². The quantitative estimate of drug-likeness (QED) is 0.440. The summed E-state index contributed by atoms with van der Waals surface area (Å²) in [5.74, 6) is 5.55. The van der Waals surface area contributed by atoms with Crippen LogP contribution in [0.2, 0.25) is 0 Å². The molecule has 9 heteroatoms. The van der Waals surface area contributed by atoms with Gasteiger partial charge in [-0.25, -0.2) is 0 Å². The van der Waals surface area contributed by atoms with Crippen LogP contribution in [0.5, 0.6) is 5.75 Å². The minimum Gasteiger partial charge on any atom is -0.497 e. The standard InChI is InChI=1S/C33H36N4O5/c1-42-27-10-9-25-21-37(31(40)28(25)19-27)22-33(20-29(38)34-32(33)41)14-11-23-5-7-24(8-6-23)30(39)36-17-12-26(13-18-36)35-15-3-2-4-16-35/h5-10,19,26H,2-4,12-13,15-18,20-22H2,1H3,(H,34,38,41)/t33-/m1/s1. The Balaban J connectivity index is 1.13. The number of carbonyl (C=O) groups excluding carboxylic acids is 4. The number of methoxy groups -OCH3 is 1. The molecule has 4 aliphatic heterocycles. The Bertz CT molecular complexity index is 1460. The maximum Gasteiger partial charge on any atom is 0.254 e. The lowest BCUT2D eigenvalue weighted by Crippen LogP contribution is -2.48. The first-order chi connectivity index (χ1) is 20.3. The number of imide groups is 1. The predicted octanol–water partition coefficient (Wildman–Crippen LogP) is 2.83. The van der Waals surface area contributed by atoms with Gasteiger partial charge in [0.1, 0.15) is 11.2 Å². The van der Waals surface area contributed by atoms with Crippen molar-refractivity contribution in [2.75, 3.05) is 39.8 Å². The smallest absolute Gasteiger partial charge is 0.254 e. The molecule has 1 N–H and O–H groups in total. The number of ether oxygens (including phenoxy) is 1. The average Bonchev–Trinajstić information content (AvgIpc) is 3.49. The third-order valence-corrected chi connectivity index (χ3v) is 9.04. The molecule has 218 valence electrons. The van der Waals surface area contributed by atoms with Crippen LogP contribution in [-0.4, -0.2) is 84.2 Å². The van der Waals surface area contributed by atoms with Crippen LogP contribution in [0.3, 0.4) is 0 Å². The topological polar surface area (TPSA) is 99.3 Å². The molecule has 0 saturated carbocycles. The van der Waals surface area contributed by atoms with E-state index in [0.29, 0.717) is 35.0 Å². The van der Waals surface area contributed by atoms with E-state index in [1.807, 2.05) is 11.0 Å². The van der Waals surface area contributed by atoms with Gasteiger partial charge >= 0.3 is 0 Å². The van der Waals surface area contributed by atoms with Gasteiger partial charge < -0.3 is 19.4 Å². The maximum atomic E-state index is 13.2. The molecule has 1 atom stereocenters. The molecule has 4 amide bonds. The molecule has 2 aromatic carbocycles. The first kappa shape index (κ1) is 28.0. The number of nitrogens with one attached hydrogen (secondary N) is 1. The molecule has 3 saturated heterocycles. The summed E-state index contributed by atoms with van der Waals surface area (Å²) in [5.41, 5.74) is 1.24. The Morgan fingerprint density at radius 2 is 1.74 bits per heavy atom. The Labute approximate surface area is 246 Å². The van der Waals surface area contributed by atoms with Gasteiger partial charge in [0.2, 0.25) is 11.8 Å². The predicted molar refractivity (Wildman–Crippen MR) is 156 cm³/mol. The van der Waals surface area contributed by atoms with E-state index in [1.54, 1.807) is 48.4 Å². The third kappa shape index (κ3) is 5.51. The fourth-order valence-electron chi connectivity index (χ4n) is 6.62. The summed E-state index contributed by atoms with van der Waals surface area (Å²) in [7, 11) is 1.54. The van der Waals surface area contributed by atoms with Crippen LogP contribution in [0.4, 0.5) is 0 Å². The zero-order valence-corrected chi connectivity index (χ0v) is 24.0. The fraction of sp³-hybridized carbons (Fsp3) is 0.455. The molecule has 0 spiro atoms. The third-order valence-electron chi connectivity index (χ3n) is 9.04. The second-order valence-electron chi connectivity index (χ2n) is 11.8. The number of fused-ring (bicyclic) bond motifs is 1. The number of rotatable bonds is 5. The van der Waals surface area contributed by atoms with Crippen molar-refractivity contribution >= 4 is 23.6 Å². The second kappa shape index (κ2) is 11.6. The molecular formula is C33H36N4O5. The van der Waals surface area contributed by atoms with Gasteiger partial charge in [0.25, 0.3) is 11.8 Å². The number of benzene rings is 2. The highest BCUT2D eigenvalue weighted by molar-refractivity contribution is 6.08. The number of piperidine rings is 2. The minimum absolute atomic E-state index is 0.00262. The number of nitrogens with zero attached hydrogens (tertiary/aromatic N) is 3. The number of carbonyl (C=O) groups is 4. The first-order valence-corrected chi connectivity index (χ1v) is 14.8. The minimum atomic E-state index is -1.36. The lowest BCUT2D eigenvalue weighted by molar-refractivity contribution is -0.127. The molecule has 4 aliphatic rings. The largest absolute Gasteiger partial charge is 0.497 e. The van der Waals surface area contributed by atoms with Crippen LogP contribution < -0.4 is 10.1 Å². The number of likely N-dealkylation sites (tertiary alicyclic amines) is 2. The van der Waals surface area contributed by atoms with Crippen LogP contribution in [-0.2, 0) is 16.1 Å². The average molecular weight is 569 g/mol. The zero-order valence-electron chi connectivity index (χ0n) is 24.0. The molecule has 0 aromatic heterocycles. The van der Waals surface area contributed by atoms with Gasteiger partial charge in [0.05, 0.1) is 13.5 Å². The molecular weight excluding hydrogens is 532 g/mol. The lowest BCUT2D eigenvalue weighted by Gasteiger charge is -2.40. The second-order valence-corrected chi connectivity index (χ2v) is 11.8. The van der Waals surface area contributed by atoms with Crippen LogP contribution >= 0.6 is 0 Å². The van der Waals surface area contributed by atoms with Crippen LogP contribution in [0.25, 0.3) is 0 Å². The molecule has 0 aliphatic carbocycles. The summed E-state index contributed by atoms with van der Waals surface area (Å²) >= 11 is 0.